The fraction of sp³-hybridized carbons (Fsp3) is 0.357. The molecule has 0 radical (unpaired) electrons. The molecule has 1 heterocycles. The Morgan fingerprint density at radius 3 is 2.89 bits per heavy atom. The summed E-state index contributed by atoms with van der Waals surface area (Å²) in [5.41, 5.74) is 0.996. The molecule has 1 unspecified atom stereocenters. The van der Waals surface area contributed by atoms with Gasteiger partial charge in [-0.05, 0) is 38.1 Å². The summed E-state index contributed by atoms with van der Waals surface area (Å²) < 4.78 is 7.85. The number of oxazole rings is 1. The van der Waals surface area contributed by atoms with E-state index in [1.807, 2.05) is 18.2 Å². The lowest BCUT2D eigenvalue weighted by Gasteiger charge is -2.08. The lowest BCUT2D eigenvalue weighted by Crippen LogP contribution is -2.19. The average molecular weight is 388 g/mol. The van der Waals surface area contributed by atoms with Gasteiger partial charge >= 0.3 is 0 Å². The van der Waals surface area contributed by atoms with Crippen molar-refractivity contribution >= 4 is 31.9 Å². The molecule has 1 aromatic heterocycles. The van der Waals surface area contributed by atoms with Crippen molar-refractivity contribution in [3.63, 3.8) is 0 Å². The van der Waals surface area contributed by atoms with Crippen molar-refractivity contribution in [3.05, 3.63) is 39.2 Å². The standard InChI is InChI=1S/C14H16Br2N2O/c1-3-6-17-9(2)14-18-8-13(19-14)11-7-10(15)4-5-12(11)16/h4-5,7-9,17H,3,6H2,1-2H3. The Balaban J connectivity index is 2.23. The van der Waals surface area contributed by atoms with Crippen LogP contribution in [0.3, 0.4) is 0 Å². The van der Waals surface area contributed by atoms with Crippen molar-refractivity contribution in [1.82, 2.24) is 10.3 Å². The second kappa shape index (κ2) is 6.68. The summed E-state index contributed by atoms with van der Waals surface area (Å²) >= 11 is 7.00. The summed E-state index contributed by atoms with van der Waals surface area (Å²) in [6.45, 7) is 5.15. The molecule has 0 fully saturated rings. The van der Waals surface area contributed by atoms with E-state index in [2.05, 4.69) is 56.0 Å². The number of halogens is 2. The van der Waals surface area contributed by atoms with Gasteiger partial charge in [-0.3, -0.25) is 0 Å². The molecule has 102 valence electrons. The highest BCUT2D eigenvalue weighted by Crippen LogP contribution is 2.32. The second-order valence-corrected chi connectivity index (χ2v) is 6.13. The number of benzene rings is 1. The zero-order valence-corrected chi connectivity index (χ0v) is 14.1. The topological polar surface area (TPSA) is 38.1 Å². The van der Waals surface area contributed by atoms with Crippen LogP contribution in [0.4, 0.5) is 0 Å². The minimum atomic E-state index is 0.125. The highest BCUT2D eigenvalue weighted by Gasteiger charge is 2.14. The number of hydrogen-bond donors (Lipinski definition) is 1. The van der Waals surface area contributed by atoms with E-state index in [0.29, 0.717) is 0 Å². The van der Waals surface area contributed by atoms with E-state index in [4.69, 9.17) is 4.42 Å². The molecule has 1 N–H and O–H groups in total. The van der Waals surface area contributed by atoms with Crippen LogP contribution in [0.1, 0.15) is 32.2 Å². The van der Waals surface area contributed by atoms with Gasteiger partial charge in [0.15, 0.2) is 5.76 Å². The van der Waals surface area contributed by atoms with E-state index in [9.17, 15) is 0 Å². The van der Waals surface area contributed by atoms with Crippen molar-refractivity contribution in [2.45, 2.75) is 26.3 Å². The first kappa shape index (κ1) is 14.8. The molecular formula is C14H16Br2N2O. The van der Waals surface area contributed by atoms with E-state index in [1.165, 1.54) is 0 Å². The van der Waals surface area contributed by atoms with Gasteiger partial charge in [-0.2, -0.15) is 0 Å². The normalized spacial score (nSPS) is 12.6. The lowest BCUT2D eigenvalue weighted by atomic mass is 10.2. The molecule has 0 spiro atoms. The molecule has 19 heavy (non-hydrogen) atoms. The third-order valence-electron chi connectivity index (χ3n) is 2.79. The van der Waals surface area contributed by atoms with Gasteiger partial charge in [-0.15, -0.1) is 0 Å². The van der Waals surface area contributed by atoms with Crippen LogP contribution < -0.4 is 5.32 Å². The Morgan fingerprint density at radius 2 is 2.16 bits per heavy atom. The van der Waals surface area contributed by atoms with Crippen LogP contribution in [-0.4, -0.2) is 11.5 Å². The fourth-order valence-electron chi connectivity index (χ4n) is 1.75. The summed E-state index contributed by atoms with van der Waals surface area (Å²) in [5.74, 6) is 1.49. The van der Waals surface area contributed by atoms with Crippen LogP contribution in [0.25, 0.3) is 11.3 Å². The largest absolute Gasteiger partial charge is 0.439 e. The molecular weight excluding hydrogens is 372 g/mol. The molecule has 5 heteroatoms. The number of nitrogens with one attached hydrogen (secondary N) is 1. The van der Waals surface area contributed by atoms with E-state index >= 15 is 0 Å². The maximum absolute atomic E-state index is 5.84. The fourth-order valence-corrected chi connectivity index (χ4v) is 2.55. The first-order valence-electron chi connectivity index (χ1n) is 6.26. The van der Waals surface area contributed by atoms with Gasteiger partial charge in [0.05, 0.1) is 12.2 Å². The molecule has 0 saturated heterocycles. The molecule has 0 aliphatic carbocycles. The van der Waals surface area contributed by atoms with Gasteiger partial charge in [0.1, 0.15) is 0 Å². The Labute approximate surface area is 130 Å². The molecule has 1 aromatic carbocycles. The Kier molecular flexibility index (Phi) is 5.19. The maximum Gasteiger partial charge on any atom is 0.211 e. The number of nitrogens with zero attached hydrogens (tertiary/aromatic N) is 1. The van der Waals surface area contributed by atoms with Crippen molar-refractivity contribution in [2.24, 2.45) is 0 Å². The zero-order valence-electron chi connectivity index (χ0n) is 10.9. The van der Waals surface area contributed by atoms with Gasteiger partial charge in [-0.25, -0.2) is 4.98 Å². The Bertz CT molecular complexity index is 554. The minimum absolute atomic E-state index is 0.125. The molecule has 0 saturated carbocycles. The zero-order chi connectivity index (χ0) is 13.8. The molecule has 1 atom stereocenters. The Morgan fingerprint density at radius 1 is 1.37 bits per heavy atom. The van der Waals surface area contributed by atoms with Crippen LogP contribution in [-0.2, 0) is 0 Å². The predicted molar refractivity (Wildman–Crippen MR) is 84.0 cm³/mol. The smallest absolute Gasteiger partial charge is 0.211 e. The third kappa shape index (κ3) is 3.68. The second-order valence-electron chi connectivity index (χ2n) is 4.36. The van der Waals surface area contributed by atoms with E-state index in [0.717, 1.165) is 39.1 Å². The summed E-state index contributed by atoms with van der Waals surface area (Å²) in [5, 5.41) is 3.36. The molecule has 0 aliphatic heterocycles. The van der Waals surface area contributed by atoms with Gasteiger partial charge in [0.2, 0.25) is 5.89 Å². The number of hydrogen-bond acceptors (Lipinski definition) is 3. The number of rotatable bonds is 5. The quantitative estimate of drug-likeness (QED) is 0.790. The van der Waals surface area contributed by atoms with Gasteiger partial charge < -0.3 is 9.73 Å². The molecule has 2 aromatic rings. The van der Waals surface area contributed by atoms with Gasteiger partial charge in [0, 0.05) is 14.5 Å². The highest BCUT2D eigenvalue weighted by molar-refractivity contribution is 9.11. The summed E-state index contributed by atoms with van der Waals surface area (Å²) in [6.07, 6.45) is 2.86. The molecule has 0 bridgehead atoms. The highest BCUT2D eigenvalue weighted by atomic mass is 79.9. The summed E-state index contributed by atoms with van der Waals surface area (Å²) in [6, 6.07) is 6.11. The number of aromatic nitrogens is 1. The van der Waals surface area contributed by atoms with E-state index < -0.39 is 0 Å². The molecule has 3 nitrogen and oxygen atoms in total. The van der Waals surface area contributed by atoms with E-state index in [-0.39, 0.29) is 6.04 Å². The minimum Gasteiger partial charge on any atom is -0.439 e. The van der Waals surface area contributed by atoms with Crippen molar-refractivity contribution in [1.29, 1.82) is 0 Å². The maximum atomic E-state index is 5.84. The lowest BCUT2D eigenvalue weighted by molar-refractivity contribution is 0.423. The average Bonchev–Trinajstić information content (AvgIpc) is 2.88. The Hall–Kier alpha value is -0.650. The van der Waals surface area contributed by atoms with Crippen molar-refractivity contribution in [3.8, 4) is 11.3 Å². The summed E-state index contributed by atoms with van der Waals surface area (Å²) in [7, 11) is 0. The van der Waals surface area contributed by atoms with Crippen molar-refractivity contribution in [2.75, 3.05) is 6.54 Å². The van der Waals surface area contributed by atoms with Crippen LogP contribution in [0.15, 0.2) is 37.8 Å². The van der Waals surface area contributed by atoms with Gasteiger partial charge in [-0.1, -0.05) is 38.8 Å². The first-order valence-corrected chi connectivity index (χ1v) is 7.85. The van der Waals surface area contributed by atoms with Gasteiger partial charge in [0.25, 0.3) is 0 Å². The predicted octanol–water partition coefficient (Wildman–Crippen LogP) is 4.93. The SMILES string of the molecule is CCCNC(C)c1ncc(-c2cc(Br)ccc2Br)o1. The van der Waals surface area contributed by atoms with Crippen LogP contribution in [0.2, 0.25) is 0 Å². The summed E-state index contributed by atoms with van der Waals surface area (Å²) in [4.78, 5) is 4.35. The van der Waals surface area contributed by atoms with E-state index in [1.54, 1.807) is 6.20 Å². The molecule has 0 aliphatic rings. The van der Waals surface area contributed by atoms with Crippen LogP contribution in [0.5, 0.6) is 0 Å². The van der Waals surface area contributed by atoms with Crippen LogP contribution in [0, 0.1) is 0 Å². The van der Waals surface area contributed by atoms with Crippen molar-refractivity contribution < 1.29 is 4.42 Å². The molecule has 0 amide bonds. The third-order valence-corrected chi connectivity index (χ3v) is 3.97. The monoisotopic (exact) mass is 386 g/mol. The molecule has 2 rings (SSSR count). The first-order chi connectivity index (χ1) is 9.11. The van der Waals surface area contributed by atoms with Crippen LogP contribution >= 0.6 is 31.9 Å².